The predicted molar refractivity (Wildman–Crippen MR) is 76.5 cm³/mol. The van der Waals surface area contributed by atoms with Crippen LogP contribution in [0.5, 0.6) is 5.75 Å². The average Bonchev–Trinajstić information content (AvgIpc) is 2.74. The second kappa shape index (κ2) is 7.02. The fourth-order valence-corrected chi connectivity index (χ4v) is 2.39. The van der Waals surface area contributed by atoms with Crippen LogP contribution in [-0.2, 0) is 4.79 Å². The summed E-state index contributed by atoms with van der Waals surface area (Å²) >= 11 is 0. The lowest BCUT2D eigenvalue weighted by Gasteiger charge is -2.21. The van der Waals surface area contributed by atoms with Crippen molar-refractivity contribution in [3.8, 4) is 5.75 Å². The number of hydrogen-bond donors (Lipinski definition) is 1. The Morgan fingerprint density at radius 1 is 1.21 bits per heavy atom. The van der Waals surface area contributed by atoms with E-state index < -0.39 is 0 Å². The molecule has 1 aromatic carbocycles. The van der Waals surface area contributed by atoms with Crippen LogP contribution < -0.4 is 10.1 Å². The molecule has 2 rings (SSSR count). The number of para-hydroxylation sites is 2. The molecule has 4 heteroatoms. The molecule has 0 radical (unpaired) electrons. The highest BCUT2D eigenvalue weighted by Crippen LogP contribution is 2.22. The van der Waals surface area contributed by atoms with Crippen molar-refractivity contribution in [3.63, 3.8) is 0 Å². The molecule has 1 aliphatic rings. The molecule has 1 N–H and O–H groups in total. The summed E-state index contributed by atoms with van der Waals surface area (Å²) in [5.74, 6) is 0.943. The van der Waals surface area contributed by atoms with Gasteiger partial charge in [-0.25, -0.2) is 0 Å². The number of hydrogen-bond acceptors (Lipinski definition) is 3. The van der Waals surface area contributed by atoms with Crippen LogP contribution in [0.1, 0.15) is 25.7 Å². The lowest BCUT2D eigenvalue weighted by atomic mass is 10.2. The standard InChI is InChI=1S/C15H22N2O2/c1-19-14-9-5-4-8-13(14)16-12-15(18)17-10-6-2-3-7-11-17/h4-5,8-9,16H,2-3,6-7,10-12H2,1H3. The van der Waals surface area contributed by atoms with E-state index in [4.69, 9.17) is 4.74 Å². The first-order valence-electron chi connectivity index (χ1n) is 6.96. The first-order chi connectivity index (χ1) is 9.31. The van der Waals surface area contributed by atoms with Crippen LogP contribution in [-0.4, -0.2) is 37.6 Å². The van der Waals surface area contributed by atoms with Gasteiger partial charge in [-0.15, -0.1) is 0 Å². The Morgan fingerprint density at radius 3 is 2.58 bits per heavy atom. The Labute approximate surface area is 114 Å². The van der Waals surface area contributed by atoms with Gasteiger partial charge in [-0.1, -0.05) is 25.0 Å². The first kappa shape index (κ1) is 13.7. The number of benzene rings is 1. The van der Waals surface area contributed by atoms with E-state index in [0.29, 0.717) is 6.54 Å². The van der Waals surface area contributed by atoms with E-state index in [1.54, 1.807) is 7.11 Å². The van der Waals surface area contributed by atoms with E-state index in [1.165, 1.54) is 12.8 Å². The van der Waals surface area contributed by atoms with Crippen molar-refractivity contribution < 1.29 is 9.53 Å². The van der Waals surface area contributed by atoms with Crippen molar-refractivity contribution in [3.05, 3.63) is 24.3 Å². The first-order valence-corrected chi connectivity index (χ1v) is 6.96. The number of anilines is 1. The van der Waals surface area contributed by atoms with Crippen LogP contribution in [0.2, 0.25) is 0 Å². The SMILES string of the molecule is COc1ccccc1NCC(=O)N1CCCCCC1. The van der Waals surface area contributed by atoms with E-state index in [0.717, 1.165) is 37.4 Å². The molecule has 1 aliphatic heterocycles. The van der Waals surface area contributed by atoms with Crippen molar-refractivity contribution in [2.45, 2.75) is 25.7 Å². The molecule has 0 saturated carbocycles. The maximum Gasteiger partial charge on any atom is 0.241 e. The molecule has 1 aromatic rings. The van der Waals surface area contributed by atoms with Crippen LogP contribution in [0.4, 0.5) is 5.69 Å². The van der Waals surface area contributed by atoms with Crippen LogP contribution in [0.3, 0.4) is 0 Å². The van der Waals surface area contributed by atoms with Crippen molar-refractivity contribution in [2.75, 3.05) is 32.1 Å². The highest BCUT2D eigenvalue weighted by atomic mass is 16.5. The summed E-state index contributed by atoms with van der Waals surface area (Å²) in [5.41, 5.74) is 0.869. The summed E-state index contributed by atoms with van der Waals surface area (Å²) in [6, 6.07) is 7.66. The molecule has 19 heavy (non-hydrogen) atoms. The topological polar surface area (TPSA) is 41.6 Å². The van der Waals surface area contributed by atoms with Crippen LogP contribution >= 0.6 is 0 Å². The van der Waals surface area contributed by atoms with Crippen LogP contribution in [0.25, 0.3) is 0 Å². The lowest BCUT2D eigenvalue weighted by Crippen LogP contribution is -2.36. The number of nitrogens with one attached hydrogen (secondary N) is 1. The van der Waals surface area contributed by atoms with Gasteiger partial charge in [-0.2, -0.15) is 0 Å². The zero-order chi connectivity index (χ0) is 13.5. The van der Waals surface area contributed by atoms with Gasteiger partial charge in [0.25, 0.3) is 0 Å². The van der Waals surface area contributed by atoms with E-state index in [1.807, 2.05) is 29.2 Å². The summed E-state index contributed by atoms with van der Waals surface area (Å²) in [5, 5.41) is 3.17. The van der Waals surface area contributed by atoms with Gasteiger partial charge in [-0.05, 0) is 25.0 Å². The van der Waals surface area contributed by atoms with E-state index in [-0.39, 0.29) is 5.91 Å². The van der Waals surface area contributed by atoms with Crippen molar-refractivity contribution in [1.29, 1.82) is 0 Å². The molecule has 4 nitrogen and oxygen atoms in total. The molecule has 0 unspecified atom stereocenters. The Morgan fingerprint density at radius 2 is 1.89 bits per heavy atom. The van der Waals surface area contributed by atoms with Crippen molar-refractivity contribution in [1.82, 2.24) is 4.90 Å². The number of amides is 1. The van der Waals surface area contributed by atoms with Crippen LogP contribution in [0, 0.1) is 0 Å². The number of likely N-dealkylation sites (tertiary alicyclic amines) is 1. The molecule has 0 atom stereocenters. The molecule has 0 aromatic heterocycles. The minimum atomic E-state index is 0.174. The summed E-state index contributed by atoms with van der Waals surface area (Å²) in [6.07, 6.45) is 4.73. The molecule has 1 fully saturated rings. The third-order valence-electron chi connectivity index (χ3n) is 3.50. The number of ether oxygens (including phenoxy) is 1. The zero-order valence-electron chi connectivity index (χ0n) is 11.5. The van der Waals surface area contributed by atoms with E-state index >= 15 is 0 Å². The Balaban J connectivity index is 1.88. The number of rotatable bonds is 4. The highest BCUT2D eigenvalue weighted by molar-refractivity contribution is 5.81. The third-order valence-corrected chi connectivity index (χ3v) is 3.50. The largest absolute Gasteiger partial charge is 0.495 e. The smallest absolute Gasteiger partial charge is 0.241 e. The number of methoxy groups -OCH3 is 1. The second-order valence-electron chi connectivity index (χ2n) is 4.85. The fraction of sp³-hybridized carbons (Fsp3) is 0.533. The van der Waals surface area contributed by atoms with E-state index in [9.17, 15) is 4.79 Å². The number of nitrogens with zero attached hydrogens (tertiary/aromatic N) is 1. The molecule has 1 amide bonds. The monoisotopic (exact) mass is 262 g/mol. The molecule has 1 heterocycles. The average molecular weight is 262 g/mol. The number of carbonyl (C=O) groups excluding carboxylic acids is 1. The third kappa shape index (κ3) is 3.88. The molecular formula is C15H22N2O2. The fourth-order valence-electron chi connectivity index (χ4n) is 2.39. The molecule has 104 valence electrons. The second-order valence-corrected chi connectivity index (χ2v) is 4.85. The maximum absolute atomic E-state index is 12.1. The van der Waals surface area contributed by atoms with Gasteiger partial charge in [0, 0.05) is 13.1 Å². The molecule has 0 aliphatic carbocycles. The van der Waals surface area contributed by atoms with Gasteiger partial charge in [-0.3, -0.25) is 4.79 Å². The van der Waals surface area contributed by atoms with Gasteiger partial charge in [0.15, 0.2) is 0 Å². The Bertz CT molecular complexity index is 412. The Hall–Kier alpha value is -1.71. The lowest BCUT2D eigenvalue weighted by molar-refractivity contribution is -0.129. The van der Waals surface area contributed by atoms with Crippen LogP contribution in [0.15, 0.2) is 24.3 Å². The summed E-state index contributed by atoms with van der Waals surface area (Å²) in [6.45, 7) is 2.12. The van der Waals surface area contributed by atoms with Gasteiger partial charge in [0.1, 0.15) is 5.75 Å². The normalized spacial score (nSPS) is 15.7. The minimum Gasteiger partial charge on any atom is -0.495 e. The molecule has 0 bridgehead atoms. The van der Waals surface area contributed by atoms with Gasteiger partial charge in [0.05, 0.1) is 19.3 Å². The van der Waals surface area contributed by atoms with Crippen molar-refractivity contribution in [2.24, 2.45) is 0 Å². The minimum absolute atomic E-state index is 0.174. The van der Waals surface area contributed by atoms with Gasteiger partial charge < -0.3 is 15.0 Å². The maximum atomic E-state index is 12.1. The van der Waals surface area contributed by atoms with Gasteiger partial charge >= 0.3 is 0 Å². The zero-order valence-corrected chi connectivity index (χ0v) is 11.5. The Kier molecular flexibility index (Phi) is 5.07. The summed E-state index contributed by atoms with van der Waals surface area (Å²) in [7, 11) is 1.64. The van der Waals surface area contributed by atoms with E-state index in [2.05, 4.69) is 5.32 Å². The van der Waals surface area contributed by atoms with Crippen molar-refractivity contribution >= 4 is 11.6 Å². The quantitative estimate of drug-likeness (QED) is 0.906. The highest BCUT2D eigenvalue weighted by Gasteiger charge is 2.15. The molecular weight excluding hydrogens is 240 g/mol. The number of carbonyl (C=O) groups is 1. The summed E-state index contributed by atoms with van der Waals surface area (Å²) in [4.78, 5) is 14.1. The summed E-state index contributed by atoms with van der Waals surface area (Å²) < 4.78 is 5.26. The molecule has 1 saturated heterocycles. The molecule has 0 spiro atoms. The predicted octanol–water partition coefficient (Wildman–Crippen LogP) is 2.51. The van der Waals surface area contributed by atoms with Gasteiger partial charge in [0.2, 0.25) is 5.91 Å².